The maximum absolute atomic E-state index is 13.7. The quantitative estimate of drug-likeness (QED) is 0.928. The van der Waals surface area contributed by atoms with Crippen LogP contribution in [0.25, 0.3) is 0 Å². The minimum absolute atomic E-state index is 0.00752. The third-order valence-electron chi connectivity index (χ3n) is 4.81. The largest absolute Gasteiger partial charge is 0.340 e. The number of hydrogen-bond acceptors (Lipinski definition) is 2. The summed E-state index contributed by atoms with van der Waals surface area (Å²) >= 11 is 0. The molecule has 3 unspecified atom stereocenters. The van der Waals surface area contributed by atoms with E-state index < -0.39 is 11.6 Å². The number of likely N-dealkylation sites (N-methyl/N-ethyl adjacent to an activating group) is 1. The lowest BCUT2D eigenvalue weighted by Crippen LogP contribution is -2.44. The van der Waals surface area contributed by atoms with Gasteiger partial charge in [0, 0.05) is 25.2 Å². The van der Waals surface area contributed by atoms with Crippen LogP contribution in [-0.2, 0) is 11.3 Å². The van der Waals surface area contributed by atoms with E-state index in [4.69, 9.17) is 0 Å². The summed E-state index contributed by atoms with van der Waals surface area (Å²) < 4.78 is 26.6. The van der Waals surface area contributed by atoms with Gasteiger partial charge < -0.3 is 10.2 Å². The summed E-state index contributed by atoms with van der Waals surface area (Å²) in [7, 11) is 1.68. The van der Waals surface area contributed by atoms with E-state index in [1.165, 1.54) is 29.9 Å². The van der Waals surface area contributed by atoms with Gasteiger partial charge in [-0.2, -0.15) is 0 Å². The number of benzene rings is 1. The number of rotatable bonds is 3. The fourth-order valence-corrected chi connectivity index (χ4v) is 3.68. The molecule has 1 aliphatic carbocycles. The van der Waals surface area contributed by atoms with Crippen molar-refractivity contribution in [1.29, 1.82) is 0 Å². The SMILES string of the molecule is CN(Cc1ccc(F)cc1F)C(=O)C1NCC2CCCC21. The number of nitrogens with one attached hydrogen (secondary N) is 1. The molecule has 0 radical (unpaired) electrons. The second-order valence-corrected chi connectivity index (χ2v) is 6.17. The van der Waals surface area contributed by atoms with Crippen LogP contribution in [-0.4, -0.2) is 30.4 Å². The molecule has 1 N–H and O–H groups in total. The summed E-state index contributed by atoms with van der Waals surface area (Å²) in [5, 5.41) is 3.30. The van der Waals surface area contributed by atoms with Crippen LogP contribution < -0.4 is 5.32 Å². The van der Waals surface area contributed by atoms with Crippen molar-refractivity contribution in [1.82, 2.24) is 10.2 Å². The van der Waals surface area contributed by atoms with Crippen LogP contribution in [0.4, 0.5) is 8.78 Å². The Balaban J connectivity index is 1.67. The highest BCUT2D eigenvalue weighted by molar-refractivity contribution is 5.82. The van der Waals surface area contributed by atoms with E-state index in [0.717, 1.165) is 19.0 Å². The summed E-state index contributed by atoms with van der Waals surface area (Å²) in [6.45, 7) is 1.07. The molecular formula is C16H20F2N2O. The number of hydrogen-bond donors (Lipinski definition) is 1. The smallest absolute Gasteiger partial charge is 0.240 e. The number of amides is 1. The van der Waals surface area contributed by atoms with Crippen molar-refractivity contribution in [3.63, 3.8) is 0 Å². The zero-order valence-corrected chi connectivity index (χ0v) is 12.1. The molecule has 3 atom stereocenters. The highest BCUT2D eigenvalue weighted by Gasteiger charge is 2.43. The number of halogens is 2. The molecule has 1 aromatic rings. The summed E-state index contributed by atoms with van der Waals surface area (Å²) in [5.41, 5.74) is 0.341. The highest BCUT2D eigenvalue weighted by atomic mass is 19.1. The Hall–Kier alpha value is -1.49. The van der Waals surface area contributed by atoms with E-state index in [1.807, 2.05) is 0 Å². The number of carbonyl (C=O) groups excluding carboxylic acids is 1. The third kappa shape index (κ3) is 2.79. The molecule has 1 aromatic carbocycles. The van der Waals surface area contributed by atoms with Gasteiger partial charge in [-0.3, -0.25) is 4.79 Å². The molecule has 3 nitrogen and oxygen atoms in total. The van der Waals surface area contributed by atoms with Gasteiger partial charge in [-0.15, -0.1) is 0 Å². The first-order valence-electron chi connectivity index (χ1n) is 7.48. The number of fused-ring (bicyclic) bond motifs is 1. The Labute approximate surface area is 123 Å². The summed E-state index contributed by atoms with van der Waals surface area (Å²) in [6, 6.07) is 3.33. The molecular weight excluding hydrogens is 274 g/mol. The van der Waals surface area contributed by atoms with Gasteiger partial charge in [0.05, 0.1) is 6.04 Å². The second kappa shape index (κ2) is 5.72. The Morgan fingerprint density at radius 3 is 2.95 bits per heavy atom. The van der Waals surface area contributed by atoms with Crippen LogP contribution >= 0.6 is 0 Å². The van der Waals surface area contributed by atoms with Crippen LogP contribution in [0.15, 0.2) is 18.2 Å². The topological polar surface area (TPSA) is 32.3 Å². The molecule has 0 aromatic heterocycles. The van der Waals surface area contributed by atoms with Crippen molar-refractivity contribution in [2.75, 3.05) is 13.6 Å². The fourth-order valence-electron chi connectivity index (χ4n) is 3.68. The first-order chi connectivity index (χ1) is 10.1. The lowest BCUT2D eigenvalue weighted by molar-refractivity contribution is -0.133. The van der Waals surface area contributed by atoms with Crippen molar-refractivity contribution in [2.45, 2.75) is 31.8 Å². The van der Waals surface area contributed by atoms with Gasteiger partial charge in [-0.1, -0.05) is 12.5 Å². The number of carbonyl (C=O) groups is 1. The monoisotopic (exact) mass is 294 g/mol. The second-order valence-electron chi connectivity index (χ2n) is 6.17. The molecule has 0 spiro atoms. The van der Waals surface area contributed by atoms with E-state index in [-0.39, 0.29) is 18.5 Å². The van der Waals surface area contributed by atoms with Crippen LogP contribution in [0.2, 0.25) is 0 Å². The molecule has 2 fully saturated rings. The van der Waals surface area contributed by atoms with Gasteiger partial charge in [-0.25, -0.2) is 8.78 Å². The van der Waals surface area contributed by atoms with Crippen LogP contribution in [0, 0.1) is 23.5 Å². The molecule has 3 rings (SSSR count). The van der Waals surface area contributed by atoms with Gasteiger partial charge in [0.1, 0.15) is 11.6 Å². The summed E-state index contributed by atoms with van der Waals surface area (Å²) in [5.74, 6) is -0.176. The summed E-state index contributed by atoms with van der Waals surface area (Å²) in [6.07, 6.45) is 3.47. The van der Waals surface area contributed by atoms with Crippen LogP contribution in [0.1, 0.15) is 24.8 Å². The lowest BCUT2D eigenvalue weighted by Gasteiger charge is -2.25. The molecule has 1 amide bonds. The molecule has 1 aliphatic heterocycles. The molecule has 2 aliphatic rings. The van der Waals surface area contributed by atoms with E-state index >= 15 is 0 Å². The van der Waals surface area contributed by atoms with E-state index in [2.05, 4.69) is 5.32 Å². The lowest BCUT2D eigenvalue weighted by atomic mass is 9.93. The molecule has 1 saturated carbocycles. The Morgan fingerprint density at radius 2 is 2.19 bits per heavy atom. The van der Waals surface area contributed by atoms with Gasteiger partial charge in [0.15, 0.2) is 0 Å². The Morgan fingerprint density at radius 1 is 1.38 bits per heavy atom. The Bertz CT molecular complexity index is 549. The average molecular weight is 294 g/mol. The normalized spacial score (nSPS) is 27.7. The van der Waals surface area contributed by atoms with Gasteiger partial charge in [-0.05, 0) is 37.3 Å². The predicted octanol–water partition coefficient (Wildman–Crippen LogP) is 2.31. The molecule has 5 heteroatoms. The molecule has 0 bridgehead atoms. The first kappa shape index (κ1) is 14.4. The van der Waals surface area contributed by atoms with Gasteiger partial charge in [0.25, 0.3) is 0 Å². The zero-order valence-electron chi connectivity index (χ0n) is 12.1. The maximum Gasteiger partial charge on any atom is 0.240 e. The van der Waals surface area contributed by atoms with Crippen molar-refractivity contribution in [3.8, 4) is 0 Å². The minimum atomic E-state index is -0.604. The van der Waals surface area contributed by atoms with E-state index in [0.29, 0.717) is 17.4 Å². The van der Waals surface area contributed by atoms with Gasteiger partial charge in [0.2, 0.25) is 5.91 Å². The van der Waals surface area contributed by atoms with Crippen molar-refractivity contribution >= 4 is 5.91 Å². The van der Waals surface area contributed by atoms with E-state index in [9.17, 15) is 13.6 Å². The molecule has 1 heterocycles. The predicted molar refractivity (Wildman–Crippen MR) is 75.5 cm³/mol. The van der Waals surface area contributed by atoms with Crippen molar-refractivity contribution in [3.05, 3.63) is 35.4 Å². The first-order valence-corrected chi connectivity index (χ1v) is 7.48. The maximum atomic E-state index is 13.7. The summed E-state index contributed by atoms with van der Waals surface area (Å²) in [4.78, 5) is 14.1. The highest BCUT2D eigenvalue weighted by Crippen LogP contribution is 2.38. The van der Waals surface area contributed by atoms with Crippen LogP contribution in [0.5, 0.6) is 0 Å². The van der Waals surface area contributed by atoms with Crippen molar-refractivity contribution < 1.29 is 13.6 Å². The fraction of sp³-hybridized carbons (Fsp3) is 0.562. The molecule has 21 heavy (non-hydrogen) atoms. The van der Waals surface area contributed by atoms with Gasteiger partial charge >= 0.3 is 0 Å². The number of nitrogens with zero attached hydrogens (tertiary/aromatic N) is 1. The van der Waals surface area contributed by atoms with Crippen molar-refractivity contribution in [2.24, 2.45) is 11.8 Å². The Kier molecular flexibility index (Phi) is 3.93. The standard InChI is InChI=1S/C16H20F2N2O/c1-20(9-11-5-6-12(17)7-14(11)18)16(21)15-13-4-2-3-10(13)8-19-15/h5-7,10,13,15,19H,2-4,8-9H2,1H3. The average Bonchev–Trinajstić information content (AvgIpc) is 3.03. The zero-order chi connectivity index (χ0) is 15.0. The van der Waals surface area contributed by atoms with Crippen LogP contribution in [0.3, 0.4) is 0 Å². The van der Waals surface area contributed by atoms with E-state index in [1.54, 1.807) is 7.05 Å². The third-order valence-corrected chi connectivity index (χ3v) is 4.81. The molecule has 1 saturated heterocycles. The molecule has 114 valence electrons. The minimum Gasteiger partial charge on any atom is -0.340 e.